The van der Waals surface area contributed by atoms with Crippen LogP contribution < -0.4 is 10.5 Å². The third kappa shape index (κ3) is 3.82. The molecule has 21 heavy (non-hydrogen) atoms. The molecule has 0 amide bonds. The topological polar surface area (TPSA) is 98.5 Å². The van der Waals surface area contributed by atoms with E-state index in [0.717, 1.165) is 43.4 Å². The van der Waals surface area contributed by atoms with Crippen LogP contribution in [0.15, 0.2) is 16.3 Å². The van der Waals surface area contributed by atoms with E-state index in [1.54, 1.807) is 5.38 Å². The summed E-state index contributed by atoms with van der Waals surface area (Å²) in [6, 6.07) is 0.937. The molecule has 1 heterocycles. The zero-order valence-corrected chi connectivity index (χ0v) is 13.5. The van der Waals surface area contributed by atoms with Crippen molar-refractivity contribution in [2.45, 2.75) is 49.1 Å². The summed E-state index contributed by atoms with van der Waals surface area (Å²) in [6.07, 6.45) is 4.57. The van der Waals surface area contributed by atoms with Crippen molar-refractivity contribution < 1.29 is 17.9 Å². The van der Waals surface area contributed by atoms with E-state index in [9.17, 15) is 13.2 Å². The lowest BCUT2D eigenvalue weighted by molar-refractivity contribution is 0.0602. The van der Waals surface area contributed by atoms with Gasteiger partial charge in [0.2, 0.25) is 10.0 Å². The highest BCUT2D eigenvalue weighted by atomic mass is 32.2. The number of esters is 1. The van der Waals surface area contributed by atoms with Gasteiger partial charge in [-0.05, 0) is 24.3 Å². The predicted molar refractivity (Wildman–Crippen MR) is 80.8 cm³/mol. The fourth-order valence-electron chi connectivity index (χ4n) is 2.50. The molecular formula is C13H20N2O4S2. The van der Waals surface area contributed by atoms with Gasteiger partial charge in [0.05, 0.1) is 7.11 Å². The van der Waals surface area contributed by atoms with Gasteiger partial charge in [-0.2, -0.15) is 0 Å². The minimum atomic E-state index is -3.77. The van der Waals surface area contributed by atoms with E-state index in [1.165, 1.54) is 13.2 Å². The Morgan fingerprint density at radius 2 is 2.10 bits per heavy atom. The molecule has 0 aliphatic heterocycles. The van der Waals surface area contributed by atoms with Gasteiger partial charge >= 0.3 is 5.97 Å². The minimum Gasteiger partial charge on any atom is -0.465 e. The van der Waals surface area contributed by atoms with E-state index in [1.807, 2.05) is 0 Å². The SMILES string of the molecule is COC(=O)c1sccc1S(=O)(=O)NC1CCCCCC1N. The number of carbonyl (C=O) groups excluding carboxylic acids is 1. The van der Waals surface area contributed by atoms with Crippen LogP contribution in [0, 0.1) is 0 Å². The summed E-state index contributed by atoms with van der Waals surface area (Å²) in [6.45, 7) is 0. The summed E-state index contributed by atoms with van der Waals surface area (Å²) < 4.78 is 32.3. The molecule has 1 aliphatic rings. The number of nitrogens with two attached hydrogens (primary N) is 1. The van der Waals surface area contributed by atoms with Gasteiger partial charge in [0.25, 0.3) is 0 Å². The molecule has 1 aromatic heterocycles. The summed E-state index contributed by atoms with van der Waals surface area (Å²) in [5.41, 5.74) is 6.05. The van der Waals surface area contributed by atoms with Crippen LogP contribution in [-0.4, -0.2) is 33.6 Å². The van der Waals surface area contributed by atoms with Crippen LogP contribution in [0.1, 0.15) is 41.8 Å². The third-order valence-corrected chi connectivity index (χ3v) is 6.22. The Morgan fingerprint density at radius 1 is 1.38 bits per heavy atom. The van der Waals surface area contributed by atoms with Crippen LogP contribution in [0.4, 0.5) is 0 Å². The molecule has 0 radical (unpaired) electrons. The molecule has 2 rings (SSSR count). The van der Waals surface area contributed by atoms with Crippen LogP contribution in [0.2, 0.25) is 0 Å². The smallest absolute Gasteiger partial charge is 0.349 e. The van der Waals surface area contributed by atoms with Crippen molar-refractivity contribution in [3.63, 3.8) is 0 Å². The summed E-state index contributed by atoms with van der Waals surface area (Å²) >= 11 is 1.05. The molecule has 0 aromatic carbocycles. The van der Waals surface area contributed by atoms with Crippen LogP contribution in [0.5, 0.6) is 0 Å². The second kappa shape index (κ2) is 6.87. The average molecular weight is 332 g/mol. The molecule has 1 saturated carbocycles. The molecule has 118 valence electrons. The van der Waals surface area contributed by atoms with Crippen LogP contribution in [0.25, 0.3) is 0 Å². The maximum Gasteiger partial charge on any atom is 0.349 e. The van der Waals surface area contributed by atoms with Gasteiger partial charge < -0.3 is 10.5 Å². The lowest BCUT2D eigenvalue weighted by Gasteiger charge is -2.22. The first-order valence-electron chi connectivity index (χ1n) is 6.89. The predicted octanol–water partition coefficient (Wildman–Crippen LogP) is 1.47. The molecule has 1 aliphatic carbocycles. The number of sulfonamides is 1. The number of nitrogens with one attached hydrogen (secondary N) is 1. The van der Waals surface area contributed by atoms with E-state index < -0.39 is 16.0 Å². The van der Waals surface area contributed by atoms with Crippen LogP contribution in [0.3, 0.4) is 0 Å². The zero-order chi connectivity index (χ0) is 15.5. The number of hydrogen-bond acceptors (Lipinski definition) is 6. The van der Waals surface area contributed by atoms with Gasteiger partial charge in [-0.25, -0.2) is 17.9 Å². The third-order valence-electron chi connectivity index (χ3n) is 3.67. The van der Waals surface area contributed by atoms with E-state index in [-0.39, 0.29) is 21.9 Å². The molecule has 1 aromatic rings. The van der Waals surface area contributed by atoms with Crippen molar-refractivity contribution in [2.75, 3.05) is 7.11 Å². The van der Waals surface area contributed by atoms with Crippen molar-refractivity contribution in [3.05, 3.63) is 16.3 Å². The Kier molecular flexibility index (Phi) is 5.37. The number of carbonyl (C=O) groups is 1. The van der Waals surface area contributed by atoms with Crippen molar-refractivity contribution in [3.8, 4) is 0 Å². The highest BCUT2D eigenvalue weighted by molar-refractivity contribution is 7.89. The fourth-order valence-corrected chi connectivity index (χ4v) is 5.15. The summed E-state index contributed by atoms with van der Waals surface area (Å²) in [7, 11) is -2.54. The Labute approximate surface area is 128 Å². The maximum absolute atomic E-state index is 12.5. The van der Waals surface area contributed by atoms with Gasteiger partial charge in [0.1, 0.15) is 9.77 Å². The highest BCUT2D eigenvalue weighted by Crippen LogP contribution is 2.24. The number of hydrogen-bond donors (Lipinski definition) is 2. The normalized spacial score (nSPS) is 23.5. The molecule has 8 heteroatoms. The second-order valence-corrected chi connectivity index (χ2v) is 7.73. The van der Waals surface area contributed by atoms with Gasteiger partial charge in [-0.1, -0.05) is 19.3 Å². The van der Waals surface area contributed by atoms with E-state index >= 15 is 0 Å². The first-order valence-corrected chi connectivity index (χ1v) is 9.25. The lowest BCUT2D eigenvalue weighted by atomic mass is 10.1. The molecule has 3 N–H and O–H groups in total. The molecule has 2 atom stereocenters. The summed E-state index contributed by atoms with van der Waals surface area (Å²) in [5, 5.41) is 1.56. The first kappa shape index (κ1) is 16.4. The maximum atomic E-state index is 12.5. The number of thiophene rings is 1. The van der Waals surface area contributed by atoms with Gasteiger partial charge in [0, 0.05) is 12.1 Å². The Bertz CT molecular complexity index is 597. The highest BCUT2D eigenvalue weighted by Gasteiger charge is 2.30. The Hall–Kier alpha value is -0.960. The van der Waals surface area contributed by atoms with Gasteiger partial charge in [0.15, 0.2) is 0 Å². The fraction of sp³-hybridized carbons (Fsp3) is 0.615. The summed E-state index contributed by atoms with van der Waals surface area (Å²) in [5.74, 6) is -0.643. The van der Waals surface area contributed by atoms with Crippen molar-refractivity contribution in [1.82, 2.24) is 4.72 Å². The van der Waals surface area contributed by atoms with E-state index in [2.05, 4.69) is 9.46 Å². The van der Waals surface area contributed by atoms with E-state index in [4.69, 9.17) is 5.73 Å². The molecule has 0 saturated heterocycles. The molecule has 6 nitrogen and oxygen atoms in total. The first-order chi connectivity index (χ1) is 9.95. The Balaban J connectivity index is 2.22. The minimum absolute atomic E-state index is 0.0317. The van der Waals surface area contributed by atoms with Crippen molar-refractivity contribution in [1.29, 1.82) is 0 Å². The van der Waals surface area contributed by atoms with Crippen molar-refractivity contribution >= 4 is 27.3 Å². The van der Waals surface area contributed by atoms with Crippen LogP contribution >= 0.6 is 11.3 Å². The molecular weight excluding hydrogens is 312 g/mol. The lowest BCUT2D eigenvalue weighted by Crippen LogP contribution is -2.46. The largest absolute Gasteiger partial charge is 0.465 e. The number of rotatable bonds is 4. The van der Waals surface area contributed by atoms with Crippen LogP contribution in [-0.2, 0) is 14.8 Å². The van der Waals surface area contributed by atoms with E-state index in [0.29, 0.717) is 0 Å². The van der Waals surface area contributed by atoms with Gasteiger partial charge in [-0.15, -0.1) is 11.3 Å². The quantitative estimate of drug-likeness (QED) is 0.643. The molecule has 0 bridgehead atoms. The molecule has 1 fully saturated rings. The number of methoxy groups -OCH3 is 1. The van der Waals surface area contributed by atoms with Crippen molar-refractivity contribution in [2.24, 2.45) is 5.73 Å². The van der Waals surface area contributed by atoms with Gasteiger partial charge in [-0.3, -0.25) is 0 Å². The monoisotopic (exact) mass is 332 g/mol. The summed E-state index contributed by atoms with van der Waals surface area (Å²) in [4.78, 5) is 11.7. The Morgan fingerprint density at radius 3 is 2.81 bits per heavy atom. The molecule has 0 spiro atoms. The molecule has 2 unspecified atom stereocenters. The zero-order valence-electron chi connectivity index (χ0n) is 11.9. The second-order valence-electron chi connectivity index (χ2n) is 5.14. The average Bonchev–Trinajstić information content (AvgIpc) is 2.87. The number of ether oxygens (including phenoxy) is 1. The standard InChI is InChI=1S/C13H20N2O4S2/c1-19-13(16)12-11(7-8-20-12)21(17,18)15-10-6-4-2-3-5-9(10)14/h7-10,15H,2-6,14H2,1H3.